The number of carbonyl (C=O) groups excluding carboxylic acids is 1. The van der Waals surface area contributed by atoms with Crippen LogP contribution < -0.4 is 5.32 Å². The van der Waals surface area contributed by atoms with Crippen molar-refractivity contribution in [1.29, 1.82) is 0 Å². The third-order valence-electron chi connectivity index (χ3n) is 5.25. The molecule has 0 spiro atoms. The molecule has 4 heterocycles. The quantitative estimate of drug-likeness (QED) is 0.266. The van der Waals surface area contributed by atoms with Crippen molar-refractivity contribution < 1.29 is 13.9 Å². The molecule has 1 aromatic carbocycles. The highest BCUT2D eigenvalue weighted by molar-refractivity contribution is 5.88. The van der Waals surface area contributed by atoms with E-state index in [1.165, 1.54) is 16.9 Å². The van der Waals surface area contributed by atoms with E-state index in [2.05, 4.69) is 47.2 Å². The number of pyridine rings is 1. The van der Waals surface area contributed by atoms with Crippen molar-refractivity contribution in [2.75, 3.05) is 5.32 Å². The molecule has 0 radical (unpaired) electrons. The van der Waals surface area contributed by atoms with Crippen LogP contribution in [-0.4, -0.2) is 46.4 Å². The van der Waals surface area contributed by atoms with Crippen LogP contribution in [0.5, 0.6) is 0 Å². The van der Waals surface area contributed by atoms with Crippen molar-refractivity contribution in [2.24, 2.45) is 0 Å². The minimum Gasteiger partial charge on any atom is -0.442 e. The van der Waals surface area contributed by atoms with E-state index < -0.39 is 17.6 Å². The van der Waals surface area contributed by atoms with Crippen molar-refractivity contribution in [1.82, 2.24) is 34.7 Å². The molecule has 194 valence electrons. The van der Waals surface area contributed by atoms with Gasteiger partial charge < -0.3 is 10.1 Å². The van der Waals surface area contributed by atoms with Gasteiger partial charge in [-0.05, 0) is 68.7 Å². The molecule has 0 amide bonds. The van der Waals surface area contributed by atoms with Gasteiger partial charge in [-0.3, -0.25) is 0 Å². The Morgan fingerprint density at radius 1 is 1.00 bits per heavy atom. The number of halogens is 1. The van der Waals surface area contributed by atoms with Crippen LogP contribution >= 0.6 is 0 Å². The summed E-state index contributed by atoms with van der Waals surface area (Å²) >= 11 is 0. The van der Waals surface area contributed by atoms with E-state index in [1.54, 1.807) is 69.7 Å². The van der Waals surface area contributed by atoms with Gasteiger partial charge in [-0.2, -0.15) is 14.2 Å². The Hall–Kier alpha value is -5.24. The molecule has 0 unspecified atom stereocenters. The zero-order chi connectivity index (χ0) is 27.4. The fourth-order valence-corrected chi connectivity index (χ4v) is 3.51. The van der Waals surface area contributed by atoms with Crippen LogP contribution in [0.2, 0.25) is 0 Å². The molecule has 0 fully saturated rings. The fourth-order valence-electron chi connectivity index (χ4n) is 3.51. The molecule has 0 atom stereocenters. The Morgan fingerprint density at radius 2 is 1.85 bits per heavy atom. The summed E-state index contributed by atoms with van der Waals surface area (Å²) in [5.74, 6) is 6.37. The summed E-state index contributed by atoms with van der Waals surface area (Å²) in [6, 6.07) is 11.8. The van der Waals surface area contributed by atoms with Gasteiger partial charge in [-0.1, -0.05) is 12.0 Å². The number of aromatic nitrogens is 7. The van der Waals surface area contributed by atoms with Crippen molar-refractivity contribution >= 4 is 22.9 Å². The topological polar surface area (TPSA) is 121 Å². The molecule has 0 saturated carbocycles. The monoisotopic (exact) mass is 522 g/mol. The summed E-state index contributed by atoms with van der Waals surface area (Å²) in [7, 11) is 0. The smallest absolute Gasteiger partial charge is 0.435 e. The summed E-state index contributed by atoms with van der Waals surface area (Å²) in [5, 5.41) is 8.00. The van der Waals surface area contributed by atoms with Gasteiger partial charge in [0, 0.05) is 36.1 Å². The van der Waals surface area contributed by atoms with Gasteiger partial charge in [0.1, 0.15) is 17.0 Å². The number of carbonyl (C=O) groups is 1. The van der Waals surface area contributed by atoms with Crippen LogP contribution in [0.1, 0.15) is 37.6 Å². The SMILES string of the molecule is CC(C)(C)OC(=O)n1ncc2cc(C#Cc3ccnc(-c4ccnc(NCc5ccc(F)nc5)n4)n3)ccc21. The molecule has 0 aliphatic rings. The van der Waals surface area contributed by atoms with Gasteiger partial charge in [0.25, 0.3) is 0 Å². The predicted molar refractivity (Wildman–Crippen MR) is 142 cm³/mol. The Bertz CT molecular complexity index is 1720. The largest absolute Gasteiger partial charge is 0.442 e. The third kappa shape index (κ3) is 6.37. The maximum absolute atomic E-state index is 13.0. The Kier molecular flexibility index (Phi) is 6.93. The van der Waals surface area contributed by atoms with Gasteiger partial charge in [0.2, 0.25) is 11.9 Å². The number of benzene rings is 1. The Labute approximate surface area is 223 Å². The van der Waals surface area contributed by atoms with E-state index in [0.717, 1.165) is 16.5 Å². The minimum atomic E-state index is -0.622. The molecule has 1 N–H and O–H groups in total. The van der Waals surface area contributed by atoms with Crippen LogP contribution in [-0.2, 0) is 11.3 Å². The molecule has 0 saturated heterocycles. The first-order chi connectivity index (χ1) is 18.7. The maximum atomic E-state index is 13.0. The van der Waals surface area contributed by atoms with Crippen molar-refractivity contribution in [2.45, 2.75) is 32.9 Å². The predicted octanol–water partition coefficient (Wildman–Crippen LogP) is 4.61. The molecule has 0 bridgehead atoms. The average Bonchev–Trinajstić information content (AvgIpc) is 3.35. The van der Waals surface area contributed by atoms with E-state index >= 15 is 0 Å². The second-order valence-corrected chi connectivity index (χ2v) is 9.43. The molecule has 0 aliphatic carbocycles. The van der Waals surface area contributed by atoms with Crippen LogP contribution in [0, 0.1) is 17.8 Å². The Balaban J connectivity index is 1.31. The molecule has 5 rings (SSSR count). The number of ether oxygens (including phenoxy) is 1. The summed E-state index contributed by atoms with van der Waals surface area (Å²) in [5.41, 5.74) is 2.55. The first-order valence-electron chi connectivity index (χ1n) is 12.0. The summed E-state index contributed by atoms with van der Waals surface area (Å²) in [6.45, 7) is 5.79. The highest BCUT2D eigenvalue weighted by Crippen LogP contribution is 2.18. The zero-order valence-electron chi connectivity index (χ0n) is 21.4. The van der Waals surface area contributed by atoms with Crippen LogP contribution in [0.15, 0.2) is 67.3 Å². The zero-order valence-corrected chi connectivity index (χ0v) is 21.4. The standard InChI is InChI=1S/C28H23FN8O2/c1-28(2,3)39-27(38)37-23-8-5-18(14-20(23)17-34-37)4-7-21-10-12-30-25(35-21)22-11-13-31-26(36-22)33-16-19-6-9-24(29)32-15-19/h5-6,8-15,17H,16H2,1-3H3,(H,31,33,36). The maximum Gasteiger partial charge on any atom is 0.435 e. The summed E-state index contributed by atoms with van der Waals surface area (Å²) < 4.78 is 19.7. The van der Waals surface area contributed by atoms with Gasteiger partial charge in [0.15, 0.2) is 5.82 Å². The van der Waals surface area contributed by atoms with E-state index in [-0.39, 0.29) is 0 Å². The van der Waals surface area contributed by atoms with Crippen molar-refractivity contribution in [3.8, 4) is 23.4 Å². The second kappa shape index (κ2) is 10.6. The van der Waals surface area contributed by atoms with E-state index in [4.69, 9.17) is 4.74 Å². The average molecular weight is 523 g/mol. The third-order valence-corrected chi connectivity index (χ3v) is 5.25. The number of rotatable bonds is 4. The molecular weight excluding hydrogens is 499 g/mol. The van der Waals surface area contributed by atoms with Crippen molar-refractivity contribution in [3.05, 3.63) is 90.0 Å². The summed E-state index contributed by atoms with van der Waals surface area (Å²) in [6.07, 6.45) is 5.71. The van der Waals surface area contributed by atoms with Crippen LogP contribution in [0.3, 0.4) is 0 Å². The first kappa shape index (κ1) is 25.4. The number of anilines is 1. The first-order valence-corrected chi connectivity index (χ1v) is 12.0. The Morgan fingerprint density at radius 3 is 2.64 bits per heavy atom. The highest BCUT2D eigenvalue weighted by atomic mass is 19.1. The van der Waals surface area contributed by atoms with E-state index in [0.29, 0.717) is 35.2 Å². The van der Waals surface area contributed by atoms with Gasteiger partial charge in [-0.25, -0.2) is 29.7 Å². The number of nitrogens with one attached hydrogen (secondary N) is 1. The van der Waals surface area contributed by atoms with Gasteiger partial charge in [0.05, 0.1) is 11.7 Å². The number of nitrogens with zero attached hydrogens (tertiary/aromatic N) is 7. The molecule has 10 nitrogen and oxygen atoms in total. The minimum absolute atomic E-state index is 0.372. The lowest BCUT2D eigenvalue weighted by Gasteiger charge is -2.19. The molecule has 0 aliphatic heterocycles. The van der Waals surface area contributed by atoms with E-state index in [9.17, 15) is 9.18 Å². The lowest BCUT2D eigenvalue weighted by Crippen LogP contribution is -2.27. The lowest BCUT2D eigenvalue weighted by molar-refractivity contribution is 0.0522. The fraction of sp³-hybridized carbons (Fsp3) is 0.179. The van der Waals surface area contributed by atoms with Crippen molar-refractivity contribution in [3.63, 3.8) is 0 Å². The molecular formula is C28H23FN8O2. The van der Waals surface area contributed by atoms with E-state index in [1.807, 2.05) is 6.07 Å². The highest BCUT2D eigenvalue weighted by Gasteiger charge is 2.20. The second-order valence-electron chi connectivity index (χ2n) is 9.43. The lowest BCUT2D eigenvalue weighted by atomic mass is 10.1. The van der Waals surface area contributed by atoms with Crippen LogP contribution in [0.25, 0.3) is 22.4 Å². The molecule has 11 heteroatoms. The summed E-state index contributed by atoms with van der Waals surface area (Å²) in [4.78, 5) is 33.6. The van der Waals surface area contributed by atoms with Crippen LogP contribution in [0.4, 0.5) is 15.1 Å². The number of hydrogen-bond acceptors (Lipinski definition) is 9. The number of fused-ring (bicyclic) bond motifs is 1. The molecule has 4 aromatic heterocycles. The molecule has 5 aromatic rings. The van der Waals surface area contributed by atoms with Gasteiger partial charge >= 0.3 is 6.09 Å². The number of hydrogen-bond donors (Lipinski definition) is 1. The normalized spacial score (nSPS) is 11.1. The van der Waals surface area contributed by atoms with Gasteiger partial charge in [-0.15, -0.1) is 0 Å². The molecule has 39 heavy (non-hydrogen) atoms.